The molecule has 0 N–H and O–H groups in total. The van der Waals surface area contributed by atoms with Gasteiger partial charge in [0.25, 0.3) is 0 Å². The molecule has 148 valence electrons. The molecule has 1 fully saturated rings. The zero-order valence-corrected chi connectivity index (χ0v) is 17.5. The third-order valence-electron chi connectivity index (χ3n) is 5.66. The molecule has 0 bridgehead atoms. The van der Waals surface area contributed by atoms with Gasteiger partial charge < -0.3 is 9.15 Å². The summed E-state index contributed by atoms with van der Waals surface area (Å²) in [6.45, 7) is 4.59. The third-order valence-corrected chi connectivity index (χ3v) is 6.50. The van der Waals surface area contributed by atoms with Crippen molar-refractivity contribution in [2.75, 3.05) is 0 Å². The molecule has 28 heavy (non-hydrogen) atoms. The number of aryl methyl sites for hydroxylation is 3. The monoisotopic (exact) mass is 396 g/mol. The molecular formula is C23H28N2O2S. The molecule has 1 aliphatic rings. The van der Waals surface area contributed by atoms with Crippen LogP contribution in [-0.4, -0.2) is 16.1 Å². The van der Waals surface area contributed by atoms with Gasteiger partial charge in [-0.2, -0.15) is 0 Å². The number of aromatic nitrogens is 2. The van der Waals surface area contributed by atoms with Crippen LogP contribution in [0, 0.1) is 19.8 Å². The van der Waals surface area contributed by atoms with Crippen molar-refractivity contribution >= 4 is 11.3 Å². The van der Waals surface area contributed by atoms with Gasteiger partial charge in [-0.3, -0.25) is 4.98 Å². The first-order valence-corrected chi connectivity index (χ1v) is 11.1. The summed E-state index contributed by atoms with van der Waals surface area (Å²) in [6.07, 6.45) is 9.59. The summed E-state index contributed by atoms with van der Waals surface area (Å²) in [4.78, 5) is 10.3. The van der Waals surface area contributed by atoms with Crippen molar-refractivity contribution in [3.63, 3.8) is 0 Å². The number of nitrogens with zero attached hydrogens (tertiary/aromatic N) is 2. The van der Waals surface area contributed by atoms with Gasteiger partial charge in [0, 0.05) is 16.6 Å². The number of benzene rings is 1. The highest BCUT2D eigenvalue weighted by Gasteiger charge is 2.23. The van der Waals surface area contributed by atoms with E-state index >= 15 is 0 Å². The molecule has 1 saturated carbocycles. The highest BCUT2D eigenvalue weighted by Crippen LogP contribution is 2.31. The summed E-state index contributed by atoms with van der Waals surface area (Å²) < 4.78 is 12.1. The Morgan fingerprint density at radius 1 is 1.18 bits per heavy atom. The predicted molar refractivity (Wildman–Crippen MR) is 112 cm³/mol. The van der Waals surface area contributed by atoms with E-state index in [1.165, 1.54) is 29.7 Å². The van der Waals surface area contributed by atoms with Crippen LogP contribution in [0.15, 0.2) is 40.4 Å². The molecule has 0 unspecified atom stereocenters. The summed E-state index contributed by atoms with van der Waals surface area (Å²) in [5.74, 6) is 2.29. The molecule has 1 aromatic carbocycles. The summed E-state index contributed by atoms with van der Waals surface area (Å²) in [5, 5.41) is 0. The Bertz CT molecular complexity index is 871. The molecule has 2 atom stereocenters. The van der Waals surface area contributed by atoms with Crippen LogP contribution in [0.3, 0.4) is 0 Å². The summed E-state index contributed by atoms with van der Waals surface area (Å²) >= 11 is 1.76. The Kier molecular flexibility index (Phi) is 6.23. The lowest BCUT2D eigenvalue weighted by Crippen LogP contribution is -2.23. The average molecular weight is 397 g/mol. The summed E-state index contributed by atoms with van der Waals surface area (Å²) in [6, 6.07) is 8.28. The van der Waals surface area contributed by atoms with Crippen molar-refractivity contribution in [1.29, 1.82) is 0 Å². The van der Waals surface area contributed by atoms with E-state index < -0.39 is 0 Å². The van der Waals surface area contributed by atoms with Gasteiger partial charge in [0.05, 0.1) is 18.2 Å². The quantitative estimate of drug-likeness (QED) is 0.482. The smallest absolute Gasteiger partial charge is 0.226 e. The van der Waals surface area contributed by atoms with E-state index in [0.717, 1.165) is 42.2 Å². The number of oxazole rings is 1. The van der Waals surface area contributed by atoms with Crippen LogP contribution in [0.4, 0.5) is 0 Å². The average Bonchev–Trinajstić information content (AvgIpc) is 3.35. The van der Waals surface area contributed by atoms with Crippen LogP contribution in [0.2, 0.25) is 0 Å². The largest absolute Gasteiger partial charge is 0.441 e. The first-order valence-electron chi connectivity index (χ1n) is 10.2. The van der Waals surface area contributed by atoms with Gasteiger partial charge in [-0.1, -0.05) is 30.5 Å². The fourth-order valence-electron chi connectivity index (χ4n) is 3.95. The second-order valence-electron chi connectivity index (χ2n) is 7.86. The fraction of sp³-hybridized carbons (Fsp3) is 0.478. The van der Waals surface area contributed by atoms with Crippen molar-refractivity contribution < 1.29 is 9.15 Å². The van der Waals surface area contributed by atoms with Crippen molar-refractivity contribution in [3.8, 4) is 11.5 Å². The van der Waals surface area contributed by atoms with Crippen LogP contribution >= 0.6 is 11.3 Å². The van der Waals surface area contributed by atoms with E-state index in [2.05, 4.69) is 41.2 Å². The van der Waals surface area contributed by atoms with Gasteiger partial charge in [0.2, 0.25) is 5.89 Å². The minimum absolute atomic E-state index is 0.333. The van der Waals surface area contributed by atoms with Crippen molar-refractivity contribution in [3.05, 3.63) is 57.9 Å². The van der Waals surface area contributed by atoms with Crippen molar-refractivity contribution in [2.45, 2.75) is 65.1 Å². The molecule has 2 heterocycles. The zero-order chi connectivity index (χ0) is 19.3. The molecule has 3 aromatic rings. The fourth-order valence-corrected chi connectivity index (χ4v) is 4.56. The van der Waals surface area contributed by atoms with Crippen molar-refractivity contribution in [2.24, 2.45) is 5.92 Å². The lowest BCUT2D eigenvalue weighted by Gasteiger charge is -2.29. The van der Waals surface area contributed by atoms with Gasteiger partial charge in [0.1, 0.15) is 11.5 Å². The van der Waals surface area contributed by atoms with Crippen LogP contribution in [0.1, 0.15) is 54.0 Å². The molecule has 4 nitrogen and oxygen atoms in total. The maximum atomic E-state index is 6.25. The Hall–Kier alpha value is -1.98. The maximum absolute atomic E-state index is 6.25. The summed E-state index contributed by atoms with van der Waals surface area (Å²) in [5.41, 5.74) is 5.09. The van der Waals surface area contributed by atoms with E-state index in [0.29, 0.717) is 18.6 Å². The molecule has 5 heteroatoms. The van der Waals surface area contributed by atoms with Crippen LogP contribution in [0.25, 0.3) is 11.5 Å². The first-order chi connectivity index (χ1) is 13.7. The molecule has 0 radical (unpaired) electrons. The number of ether oxygens (including phenoxy) is 1. The molecule has 1 aliphatic carbocycles. The molecule has 2 aromatic heterocycles. The van der Waals surface area contributed by atoms with E-state index in [4.69, 9.17) is 9.15 Å². The normalized spacial score (nSPS) is 19.8. The lowest BCUT2D eigenvalue weighted by molar-refractivity contribution is -0.000485. The van der Waals surface area contributed by atoms with Crippen LogP contribution < -0.4 is 0 Å². The predicted octanol–water partition coefficient (Wildman–Crippen LogP) is 6.12. The minimum atomic E-state index is 0.333. The topological polar surface area (TPSA) is 48.2 Å². The second kappa shape index (κ2) is 9.01. The number of hydrogen-bond acceptors (Lipinski definition) is 5. The van der Waals surface area contributed by atoms with Crippen molar-refractivity contribution in [1.82, 2.24) is 9.97 Å². The van der Waals surface area contributed by atoms with Crippen LogP contribution in [-0.2, 0) is 17.8 Å². The van der Waals surface area contributed by atoms with Crippen LogP contribution in [0.5, 0.6) is 0 Å². The molecule has 0 amide bonds. The lowest BCUT2D eigenvalue weighted by atomic mass is 9.84. The summed E-state index contributed by atoms with van der Waals surface area (Å²) in [7, 11) is 0. The number of rotatable bonds is 7. The molecular weight excluding hydrogens is 368 g/mol. The van der Waals surface area contributed by atoms with E-state index in [9.17, 15) is 0 Å². The highest BCUT2D eigenvalue weighted by molar-refractivity contribution is 7.09. The van der Waals surface area contributed by atoms with Gasteiger partial charge in [-0.15, -0.1) is 11.3 Å². The van der Waals surface area contributed by atoms with Gasteiger partial charge in [-0.05, 0) is 57.6 Å². The third kappa shape index (κ3) is 4.89. The van der Waals surface area contributed by atoms with E-state index in [1.54, 1.807) is 11.3 Å². The zero-order valence-electron chi connectivity index (χ0n) is 16.7. The SMILES string of the molecule is Cc1ccc(-c2nc(CO[C@H]3CCC[C@@H](CCc4cncs4)C3)c(C)o2)cc1. The Morgan fingerprint density at radius 2 is 2.04 bits per heavy atom. The molecule has 4 rings (SSSR count). The molecule has 0 saturated heterocycles. The Morgan fingerprint density at radius 3 is 2.82 bits per heavy atom. The Balaban J connectivity index is 1.30. The van der Waals surface area contributed by atoms with E-state index in [1.807, 2.05) is 18.6 Å². The Labute approximate surface area is 171 Å². The maximum Gasteiger partial charge on any atom is 0.226 e. The minimum Gasteiger partial charge on any atom is -0.441 e. The van der Waals surface area contributed by atoms with E-state index in [-0.39, 0.29) is 0 Å². The number of thiazole rings is 1. The standard InChI is InChI=1S/C23H28N2O2S/c1-16-6-9-19(10-7-16)23-25-22(17(2)27-23)14-26-20-5-3-4-18(12-20)8-11-21-13-24-15-28-21/h6-7,9-10,13,15,18,20H,3-5,8,11-12,14H2,1-2H3/t18-,20-/m0/s1. The highest BCUT2D eigenvalue weighted by atomic mass is 32.1. The van der Waals surface area contributed by atoms with Gasteiger partial charge in [0.15, 0.2) is 0 Å². The van der Waals surface area contributed by atoms with Gasteiger partial charge in [-0.25, -0.2) is 4.98 Å². The molecule has 0 spiro atoms. The number of hydrogen-bond donors (Lipinski definition) is 0. The second-order valence-corrected chi connectivity index (χ2v) is 8.83. The first kappa shape index (κ1) is 19.3. The van der Waals surface area contributed by atoms with Gasteiger partial charge >= 0.3 is 0 Å². The molecule has 0 aliphatic heterocycles.